The van der Waals surface area contributed by atoms with E-state index in [1.165, 1.54) is 12.8 Å². The molecule has 0 radical (unpaired) electrons. The molecule has 17 heavy (non-hydrogen) atoms. The molecule has 1 heterocycles. The molecule has 0 saturated heterocycles. The molecule has 1 aliphatic heterocycles. The first-order valence-corrected chi connectivity index (χ1v) is 6.45. The van der Waals surface area contributed by atoms with Crippen LogP contribution in [0.4, 0.5) is 0 Å². The van der Waals surface area contributed by atoms with Crippen molar-refractivity contribution in [3.8, 4) is 11.5 Å². The van der Waals surface area contributed by atoms with Crippen LogP contribution >= 0.6 is 0 Å². The summed E-state index contributed by atoms with van der Waals surface area (Å²) in [5, 5.41) is 3.54. The van der Waals surface area contributed by atoms with Crippen LogP contribution in [-0.4, -0.2) is 25.3 Å². The molecule has 3 rings (SSSR count). The predicted octanol–water partition coefficient (Wildman–Crippen LogP) is 2.21. The minimum absolute atomic E-state index is 0.131. The van der Waals surface area contributed by atoms with Crippen molar-refractivity contribution < 1.29 is 9.47 Å². The summed E-state index contributed by atoms with van der Waals surface area (Å²) in [6, 6.07) is 8.47. The average molecular weight is 233 g/mol. The van der Waals surface area contributed by atoms with Crippen molar-refractivity contribution >= 4 is 0 Å². The van der Waals surface area contributed by atoms with Gasteiger partial charge < -0.3 is 14.8 Å². The van der Waals surface area contributed by atoms with Gasteiger partial charge in [0.15, 0.2) is 11.5 Å². The zero-order chi connectivity index (χ0) is 11.7. The molecule has 0 aromatic heterocycles. The lowest BCUT2D eigenvalue weighted by Gasteiger charge is -2.27. The maximum atomic E-state index is 5.89. The van der Waals surface area contributed by atoms with Crippen molar-refractivity contribution in [3.05, 3.63) is 24.3 Å². The highest BCUT2D eigenvalue weighted by atomic mass is 16.6. The third kappa shape index (κ3) is 2.55. The van der Waals surface area contributed by atoms with E-state index in [-0.39, 0.29) is 6.10 Å². The molecule has 1 saturated carbocycles. The Balaban J connectivity index is 1.53. The Morgan fingerprint density at radius 1 is 1.29 bits per heavy atom. The number of hydrogen-bond donors (Lipinski definition) is 1. The Morgan fingerprint density at radius 3 is 2.82 bits per heavy atom. The van der Waals surface area contributed by atoms with Crippen molar-refractivity contribution in [2.45, 2.75) is 31.9 Å². The minimum Gasteiger partial charge on any atom is -0.486 e. The Labute approximate surface area is 102 Å². The molecule has 3 nitrogen and oxygen atoms in total. The van der Waals surface area contributed by atoms with Gasteiger partial charge in [0.2, 0.25) is 0 Å². The summed E-state index contributed by atoms with van der Waals surface area (Å²) in [6.07, 6.45) is 2.88. The Morgan fingerprint density at radius 2 is 2.06 bits per heavy atom. The van der Waals surface area contributed by atoms with E-state index >= 15 is 0 Å². The van der Waals surface area contributed by atoms with Crippen molar-refractivity contribution in [3.63, 3.8) is 0 Å². The molecule has 2 atom stereocenters. The zero-order valence-electron chi connectivity index (χ0n) is 10.2. The fourth-order valence-electron chi connectivity index (χ4n) is 2.24. The number of benzene rings is 1. The van der Waals surface area contributed by atoms with Crippen LogP contribution in [0.25, 0.3) is 0 Å². The van der Waals surface area contributed by atoms with E-state index in [2.05, 4.69) is 12.2 Å². The summed E-state index contributed by atoms with van der Waals surface area (Å²) in [6.45, 7) is 3.77. The fraction of sp³-hybridized carbons (Fsp3) is 0.571. The lowest BCUT2D eigenvalue weighted by molar-refractivity contribution is 0.0880. The third-order valence-electron chi connectivity index (χ3n) is 3.56. The smallest absolute Gasteiger partial charge is 0.161 e. The van der Waals surface area contributed by atoms with Crippen LogP contribution < -0.4 is 14.8 Å². The molecule has 0 spiro atoms. The molecule has 1 aliphatic carbocycles. The van der Waals surface area contributed by atoms with Crippen LogP contribution in [-0.2, 0) is 0 Å². The lowest BCUT2D eigenvalue weighted by Crippen LogP contribution is -2.42. The number of nitrogens with one attached hydrogen (secondary N) is 1. The van der Waals surface area contributed by atoms with Gasteiger partial charge >= 0.3 is 0 Å². The highest BCUT2D eigenvalue weighted by Crippen LogP contribution is 2.33. The summed E-state index contributed by atoms with van der Waals surface area (Å²) in [5.41, 5.74) is 0. The molecular weight excluding hydrogens is 214 g/mol. The van der Waals surface area contributed by atoms with Gasteiger partial charge in [-0.05, 0) is 37.8 Å². The molecule has 2 aliphatic rings. The van der Waals surface area contributed by atoms with E-state index in [1.807, 2.05) is 24.3 Å². The van der Waals surface area contributed by atoms with E-state index in [0.717, 1.165) is 24.0 Å². The van der Waals surface area contributed by atoms with Crippen LogP contribution in [0, 0.1) is 5.92 Å². The van der Waals surface area contributed by atoms with Gasteiger partial charge in [-0.1, -0.05) is 12.1 Å². The van der Waals surface area contributed by atoms with Gasteiger partial charge in [0.25, 0.3) is 0 Å². The number of fused-ring (bicyclic) bond motifs is 1. The average Bonchev–Trinajstić information content (AvgIpc) is 3.20. The second-order valence-electron chi connectivity index (χ2n) is 5.03. The van der Waals surface area contributed by atoms with Gasteiger partial charge in [-0.2, -0.15) is 0 Å². The van der Waals surface area contributed by atoms with Gasteiger partial charge in [0.1, 0.15) is 12.7 Å². The maximum Gasteiger partial charge on any atom is 0.161 e. The molecule has 2 unspecified atom stereocenters. The van der Waals surface area contributed by atoms with E-state index in [9.17, 15) is 0 Å². The van der Waals surface area contributed by atoms with E-state index in [1.54, 1.807) is 0 Å². The minimum atomic E-state index is 0.131. The van der Waals surface area contributed by atoms with Crippen molar-refractivity contribution in [2.24, 2.45) is 5.92 Å². The van der Waals surface area contributed by atoms with Crippen LogP contribution in [0.3, 0.4) is 0 Å². The Bertz CT molecular complexity index is 390. The summed E-state index contributed by atoms with van der Waals surface area (Å²) in [5.74, 6) is 2.61. The SMILES string of the molecule is CC(NCC1COc2ccccc2O1)C1CC1. The van der Waals surface area contributed by atoms with Gasteiger partial charge in [-0.15, -0.1) is 0 Å². The Kier molecular flexibility index (Phi) is 2.93. The molecule has 3 heteroatoms. The quantitative estimate of drug-likeness (QED) is 0.865. The molecule has 92 valence electrons. The van der Waals surface area contributed by atoms with Crippen LogP contribution in [0.1, 0.15) is 19.8 Å². The second-order valence-corrected chi connectivity index (χ2v) is 5.03. The standard InChI is InChI=1S/C14H19NO2/c1-10(11-6-7-11)15-8-12-9-16-13-4-2-3-5-14(13)17-12/h2-5,10-12,15H,6-9H2,1H3. The van der Waals surface area contributed by atoms with Crippen LogP contribution in [0.15, 0.2) is 24.3 Å². The van der Waals surface area contributed by atoms with Crippen molar-refractivity contribution in [1.82, 2.24) is 5.32 Å². The summed E-state index contributed by atoms with van der Waals surface area (Å²) in [4.78, 5) is 0. The highest BCUT2D eigenvalue weighted by Gasteiger charge is 2.29. The molecule has 0 bridgehead atoms. The van der Waals surface area contributed by atoms with E-state index in [4.69, 9.17) is 9.47 Å². The fourth-order valence-corrected chi connectivity index (χ4v) is 2.24. The molecule has 1 aromatic rings. The number of hydrogen-bond acceptors (Lipinski definition) is 3. The maximum absolute atomic E-state index is 5.89. The molecular formula is C14H19NO2. The third-order valence-corrected chi connectivity index (χ3v) is 3.56. The zero-order valence-corrected chi connectivity index (χ0v) is 10.2. The van der Waals surface area contributed by atoms with Crippen LogP contribution in [0.2, 0.25) is 0 Å². The predicted molar refractivity (Wildman–Crippen MR) is 66.5 cm³/mol. The van der Waals surface area contributed by atoms with Crippen molar-refractivity contribution in [2.75, 3.05) is 13.2 Å². The molecule has 1 N–H and O–H groups in total. The molecule has 0 amide bonds. The van der Waals surface area contributed by atoms with E-state index in [0.29, 0.717) is 12.6 Å². The molecule has 1 fully saturated rings. The summed E-state index contributed by atoms with van der Waals surface area (Å²) < 4.78 is 11.6. The van der Waals surface area contributed by atoms with Crippen molar-refractivity contribution in [1.29, 1.82) is 0 Å². The number of para-hydroxylation sites is 2. The first-order chi connectivity index (χ1) is 8.33. The summed E-state index contributed by atoms with van der Waals surface area (Å²) >= 11 is 0. The summed E-state index contributed by atoms with van der Waals surface area (Å²) in [7, 11) is 0. The number of rotatable bonds is 4. The van der Waals surface area contributed by atoms with Crippen LogP contribution in [0.5, 0.6) is 11.5 Å². The van der Waals surface area contributed by atoms with E-state index < -0.39 is 0 Å². The first kappa shape index (κ1) is 10.9. The second kappa shape index (κ2) is 4.57. The largest absolute Gasteiger partial charge is 0.486 e. The molecule has 1 aromatic carbocycles. The first-order valence-electron chi connectivity index (χ1n) is 6.45. The highest BCUT2D eigenvalue weighted by molar-refractivity contribution is 5.40. The monoisotopic (exact) mass is 233 g/mol. The van der Waals surface area contributed by atoms with Gasteiger partial charge in [-0.3, -0.25) is 0 Å². The number of ether oxygens (including phenoxy) is 2. The van der Waals surface area contributed by atoms with Gasteiger partial charge in [0.05, 0.1) is 0 Å². The topological polar surface area (TPSA) is 30.5 Å². The lowest BCUT2D eigenvalue weighted by atomic mass is 10.2. The van der Waals surface area contributed by atoms with Gasteiger partial charge in [-0.25, -0.2) is 0 Å². The normalized spacial score (nSPS) is 24.4. The Hall–Kier alpha value is -1.22. The van der Waals surface area contributed by atoms with Gasteiger partial charge in [0, 0.05) is 12.6 Å².